The zero-order valence-electron chi connectivity index (χ0n) is 15.1. The van der Waals surface area contributed by atoms with E-state index in [1.165, 1.54) is 27.7 Å². The van der Waals surface area contributed by atoms with Crippen molar-refractivity contribution in [3.8, 4) is 11.3 Å². The Morgan fingerprint density at radius 3 is 2.73 bits per heavy atom. The summed E-state index contributed by atoms with van der Waals surface area (Å²) >= 11 is 0. The number of hydrogen-bond acceptors (Lipinski definition) is 4. The number of aromatic nitrogens is 2. The largest absolute Gasteiger partial charge is 0.407 e. The minimum Gasteiger partial charge on any atom is -0.407 e. The Kier molecular flexibility index (Phi) is 3.19. The van der Waals surface area contributed by atoms with E-state index in [2.05, 4.69) is 72.2 Å². The molecule has 0 aliphatic carbocycles. The predicted molar refractivity (Wildman–Crippen MR) is 111 cm³/mol. The van der Waals surface area contributed by atoms with Crippen molar-refractivity contribution in [3.63, 3.8) is 0 Å². The van der Waals surface area contributed by atoms with Crippen LogP contribution in [0.15, 0.2) is 54.7 Å². The maximum Gasteiger partial charge on any atom is 0.369 e. The molecule has 2 heterocycles. The molecule has 0 saturated heterocycles. The topological polar surface area (TPSA) is 41.1 Å². The van der Waals surface area contributed by atoms with Crippen molar-refractivity contribution in [3.05, 3.63) is 60.3 Å². The highest BCUT2D eigenvalue weighted by atomic mass is 15.2. The smallest absolute Gasteiger partial charge is 0.369 e. The fourth-order valence-corrected chi connectivity index (χ4v) is 3.77. The highest BCUT2D eigenvalue weighted by molar-refractivity contribution is 6.68. The lowest BCUT2D eigenvalue weighted by Crippen LogP contribution is -2.33. The standard InChI is InChI=1S/C21H19BN4/c1-13-6-4-5-7-15(13)19-12-23-17-10-14-8-9-20-21(25-22(2)26(20)3)16(14)11-18(17)24-19/h4-12,25H,1-3H3. The van der Waals surface area contributed by atoms with Crippen LogP contribution in [0.2, 0.25) is 6.82 Å². The lowest BCUT2D eigenvalue weighted by Gasteiger charge is -2.14. The molecule has 0 fully saturated rings. The quantitative estimate of drug-likeness (QED) is 0.402. The molecule has 3 aromatic carbocycles. The first-order chi connectivity index (χ1) is 12.6. The number of anilines is 2. The van der Waals surface area contributed by atoms with Crippen LogP contribution in [0.5, 0.6) is 0 Å². The van der Waals surface area contributed by atoms with Gasteiger partial charge in [0.05, 0.1) is 28.6 Å². The van der Waals surface area contributed by atoms with Crippen LogP contribution in [0.3, 0.4) is 0 Å². The molecule has 26 heavy (non-hydrogen) atoms. The molecule has 4 aromatic rings. The molecular weight excluding hydrogens is 319 g/mol. The van der Waals surface area contributed by atoms with E-state index in [-0.39, 0.29) is 6.98 Å². The van der Waals surface area contributed by atoms with E-state index in [0.29, 0.717) is 0 Å². The molecule has 5 heteroatoms. The van der Waals surface area contributed by atoms with E-state index in [0.717, 1.165) is 22.3 Å². The zero-order chi connectivity index (χ0) is 17.8. The number of nitrogens with one attached hydrogen (secondary N) is 1. The van der Waals surface area contributed by atoms with Crippen LogP contribution in [0.1, 0.15) is 5.56 Å². The Morgan fingerprint density at radius 2 is 1.88 bits per heavy atom. The number of benzene rings is 3. The van der Waals surface area contributed by atoms with Gasteiger partial charge in [-0.3, -0.25) is 4.98 Å². The highest BCUT2D eigenvalue weighted by Crippen LogP contribution is 2.39. The van der Waals surface area contributed by atoms with E-state index >= 15 is 0 Å². The van der Waals surface area contributed by atoms with Gasteiger partial charge < -0.3 is 10.0 Å². The molecule has 0 amide bonds. The molecule has 0 unspecified atom stereocenters. The third kappa shape index (κ3) is 2.17. The van der Waals surface area contributed by atoms with E-state index in [1.54, 1.807) is 0 Å². The Morgan fingerprint density at radius 1 is 1.04 bits per heavy atom. The molecule has 1 aliphatic rings. The molecular formula is C21H19BN4. The average Bonchev–Trinajstić information content (AvgIpc) is 2.95. The van der Waals surface area contributed by atoms with Gasteiger partial charge in [0.2, 0.25) is 0 Å². The number of hydrogen-bond donors (Lipinski definition) is 1. The van der Waals surface area contributed by atoms with Crippen LogP contribution >= 0.6 is 0 Å². The summed E-state index contributed by atoms with van der Waals surface area (Å²) in [6.07, 6.45) is 1.87. The Hall–Kier alpha value is -3.08. The molecule has 0 spiro atoms. The fourth-order valence-electron chi connectivity index (χ4n) is 3.77. The van der Waals surface area contributed by atoms with Crippen LogP contribution in [0, 0.1) is 6.92 Å². The lowest BCUT2D eigenvalue weighted by molar-refractivity contribution is 1.28. The summed E-state index contributed by atoms with van der Waals surface area (Å²) in [6, 6.07) is 16.9. The number of fused-ring (bicyclic) bond motifs is 4. The maximum atomic E-state index is 4.92. The second-order valence-electron chi connectivity index (χ2n) is 7.02. The average molecular weight is 338 g/mol. The van der Waals surface area contributed by atoms with Gasteiger partial charge in [-0.05, 0) is 49.9 Å². The van der Waals surface area contributed by atoms with Crippen molar-refractivity contribution in [2.45, 2.75) is 13.7 Å². The van der Waals surface area contributed by atoms with Gasteiger partial charge in [0.15, 0.2) is 0 Å². The summed E-state index contributed by atoms with van der Waals surface area (Å²) in [5, 5.41) is 5.97. The van der Waals surface area contributed by atoms with Crippen molar-refractivity contribution in [1.82, 2.24) is 9.97 Å². The first kappa shape index (κ1) is 15.2. The van der Waals surface area contributed by atoms with Crippen LogP contribution in [-0.4, -0.2) is 24.0 Å². The molecule has 0 saturated carbocycles. The van der Waals surface area contributed by atoms with Crippen LogP contribution < -0.4 is 10.0 Å². The van der Waals surface area contributed by atoms with Gasteiger partial charge >= 0.3 is 6.98 Å². The Bertz CT molecular complexity index is 1170. The minimum absolute atomic E-state index is 0.288. The van der Waals surface area contributed by atoms with E-state index in [9.17, 15) is 0 Å². The number of aryl methyl sites for hydroxylation is 1. The maximum absolute atomic E-state index is 4.92. The summed E-state index contributed by atoms with van der Waals surface area (Å²) in [6.45, 7) is 4.56. The summed E-state index contributed by atoms with van der Waals surface area (Å²) in [4.78, 5) is 11.9. The molecule has 1 aliphatic heterocycles. The normalized spacial score (nSPS) is 13.3. The van der Waals surface area contributed by atoms with Gasteiger partial charge in [-0.25, -0.2) is 4.98 Å². The highest BCUT2D eigenvalue weighted by Gasteiger charge is 2.27. The first-order valence-corrected chi connectivity index (χ1v) is 8.91. The second-order valence-corrected chi connectivity index (χ2v) is 7.02. The number of rotatable bonds is 1. The van der Waals surface area contributed by atoms with Gasteiger partial charge in [-0.2, -0.15) is 0 Å². The summed E-state index contributed by atoms with van der Waals surface area (Å²) in [5.41, 5.74) is 7.52. The van der Waals surface area contributed by atoms with Crippen molar-refractivity contribution in [1.29, 1.82) is 0 Å². The van der Waals surface area contributed by atoms with E-state index in [4.69, 9.17) is 4.98 Å². The van der Waals surface area contributed by atoms with E-state index < -0.39 is 0 Å². The van der Waals surface area contributed by atoms with Crippen LogP contribution in [-0.2, 0) is 0 Å². The molecule has 5 rings (SSSR count). The summed E-state index contributed by atoms with van der Waals surface area (Å²) < 4.78 is 0. The predicted octanol–water partition coefficient (Wildman–Crippen LogP) is 4.74. The van der Waals surface area contributed by atoms with E-state index in [1.807, 2.05) is 18.3 Å². The van der Waals surface area contributed by atoms with Gasteiger partial charge in [0.25, 0.3) is 0 Å². The molecule has 0 bridgehead atoms. The number of nitrogens with zero attached hydrogens (tertiary/aromatic N) is 3. The monoisotopic (exact) mass is 338 g/mol. The summed E-state index contributed by atoms with van der Waals surface area (Å²) in [5.74, 6) is 0. The molecule has 126 valence electrons. The Balaban J connectivity index is 1.75. The minimum atomic E-state index is 0.288. The van der Waals surface area contributed by atoms with Gasteiger partial charge in [-0.1, -0.05) is 30.3 Å². The third-order valence-electron chi connectivity index (χ3n) is 5.39. The second kappa shape index (κ2) is 5.46. The van der Waals surface area contributed by atoms with Crippen LogP contribution in [0.25, 0.3) is 33.1 Å². The van der Waals surface area contributed by atoms with Crippen molar-refractivity contribution in [2.24, 2.45) is 0 Å². The molecule has 0 atom stereocenters. The van der Waals surface area contributed by atoms with Crippen LogP contribution in [0.4, 0.5) is 11.4 Å². The van der Waals surface area contributed by atoms with Crippen molar-refractivity contribution >= 4 is 40.2 Å². The lowest BCUT2D eigenvalue weighted by atomic mass is 9.80. The fraction of sp³-hybridized carbons (Fsp3) is 0.143. The van der Waals surface area contributed by atoms with Crippen molar-refractivity contribution < 1.29 is 0 Å². The van der Waals surface area contributed by atoms with Gasteiger partial charge in [0.1, 0.15) is 0 Å². The van der Waals surface area contributed by atoms with Gasteiger partial charge in [-0.15, -0.1) is 0 Å². The third-order valence-corrected chi connectivity index (χ3v) is 5.39. The molecule has 0 radical (unpaired) electrons. The molecule has 1 aromatic heterocycles. The van der Waals surface area contributed by atoms with Crippen molar-refractivity contribution in [2.75, 3.05) is 17.1 Å². The SMILES string of the molecule is CB1Nc2c(ccc3cc4ncc(-c5ccccc5C)nc4cc23)N1C. The zero-order valence-corrected chi connectivity index (χ0v) is 15.1. The molecule has 4 nitrogen and oxygen atoms in total. The van der Waals surface area contributed by atoms with Gasteiger partial charge in [0, 0.05) is 16.6 Å². The molecule has 1 N–H and O–H groups in total. The Labute approximate surface area is 153 Å². The first-order valence-electron chi connectivity index (χ1n) is 8.91. The summed E-state index contributed by atoms with van der Waals surface area (Å²) in [7, 11) is 2.12.